The molecule has 1 aromatic heterocycles. The Morgan fingerprint density at radius 3 is 2.65 bits per heavy atom. The van der Waals surface area contributed by atoms with Crippen LogP contribution in [0.3, 0.4) is 0 Å². The molecule has 0 atom stereocenters. The predicted octanol–water partition coefficient (Wildman–Crippen LogP) is 4.46. The molecule has 3 aromatic rings. The summed E-state index contributed by atoms with van der Waals surface area (Å²) in [7, 11) is 0. The van der Waals surface area contributed by atoms with Crippen molar-refractivity contribution in [3.8, 4) is 0 Å². The first-order chi connectivity index (χ1) is 8.33. The number of nitrogens with one attached hydrogen (secondary N) is 1. The number of fused-ring (bicyclic) bond motifs is 1. The fourth-order valence-corrected chi connectivity index (χ4v) is 2.71. The van der Waals surface area contributed by atoms with E-state index in [1.165, 1.54) is 6.07 Å². The van der Waals surface area contributed by atoms with Gasteiger partial charge in [-0.2, -0.15) is 0 Å². The number of hydrogen-bond acceptors (Lipinski definition) is 1. The van der Waals surface area contributed by atoms with Gasteiger partial charge in [-0.05, 0) is 30.3 Å². The highest BCUT2D eigenvalue weighted by atomic mass is 32.2. The highest BCUT2D eigenvalue weighted by Gasteiger charge is 2.06. The van der Waals surface area contributed by atoms with Crippen molar-refractivity contribution >= 4 is 22.7 Å². The van der Waals surface area contributed by atoms with Crippen LogP contribution in [0.2, 0.25) is 0 Å². The van der Waals surface area contributed by atoms with Gasteiger partial charge in [0.1, 0.15) is 5.82 Å². The van der Waals surface area contributed by atoms with E-state index in [9.17, 15) is 4.39 Å². The van der Waals surface area contributed by atoms with Gasteiger partial charge in [0.05, 0.1) is 0 Å². The van der Waals surface area contributed by atoms with Crippen molar-refractivity contribution in [1.29, 1.82) is 0 Å². The zero-order valence-electron chi connectivity index (χ0n) is 8.98. The van der Waals surface area contributed by atoms with Gasteiger partial charge in [0.25, 0.3) is 0 Å². The Labute approximate surface area is 103 Å². The molecule has 2 aromatic carbocycles. The minimum atomic E-state index is -0.202. The maximum atomic E-state index is 13.2. The van der Waals surface area contributed by atoms with Crippen molar-refractivity contribution in [2.24, 2.45) is 0 Å². The van der Waals surface area contributed by atoms with E-state index < -0.39 is 0 Å². The first kappa shape index (κ1) is 10.4. The van der Waals surface area contributed by atoms with E-state index >= 15 is 0 Å². The van der Waals surface area contributed by atoms with Crippen LogP contribution in [0.1, 0.15) is 0 Å². The maximum absolute atomic E-state index is 13.2. The molecule has 1 nitrogen and oxygen atoms in total. The fourth-order valence-electron chi connectivity index (χ4n) is 1.77. The van der Waals surface area contributed by atoms with E-state index in [2.05, 4.69) is 4.98 Å². The van der Waals surface area contributed by atoms with E-state index in [4.69, 9.17) is 0 Å². The molecule has 0 spiro atoms. The molecular formula is C14H10FNS. The molecule has 0 aliphatic heterocycles. The number of hydrogen-bond donors (Lipinski definition) is 1. The Bertz CT molecular complexity index is 646. The third-order valence-corrected chi connectivity index (χ3v) is 3.64. The summed E-state index contributed by atoms with van der Waals surface area (Å²) < 4.78 is 13.2. The van der Waals surface area contributed by atoms with E-state index in [0.29, 0.717) is 0 Å². The van der Waals surface area contributed by atoms with E-state index in [1.807, 2.05) is 36.5 Å². The van der Waals surface area contributed by atoms with Crippen LogP contribution in [0.5, 0.6) is 0 Å². The van der Waals surface area contributed by atoms with Crippen LogP contribution >= 0.6 is 11.8 Å². The third-order valence-electron chi connectivity index (χ3n) is 2.58. The second-order valence-electron chi connectivity index (χ2n) is 3.76. The Hall–Kier alpha value is -1.74. The number of aromatic amines is 1. The summed E-state index contributed by atoms with van der Waals surface area (Å²) in [6.45, 7) is 0. The Kier molecular flexibility index (Phi) is 2.61. The van der Waals surface area contributed by atoms with Crippen molar-refractivity contribution in [3.63, 3.8) is 0 Å². The summed E-state index contributed by atoms with van der Waals surface area (Å²) in [5, 5.41) is 0.929. The summed E-state index contributed by atoms with van der Waals surface area (Å²) in [5.74, 6) is -0.202. The second kappa shape index (κ2) is 4.26. The number of rotatable bonds is 2. The highest BCUT2D eigenvalue weighted by molar-refractivity contribution is 7.99. The molecule has 3 rings (SSSR count). The fraction of sp³-hybridized carbons (Fsp3) is 0. The summed E-state index contributed by atoms with van der Waals surface area (Å²) in [6.07, 6.45) is 1.92. The molecule has 0 bridgehead atoms. The molecule has 84 valence electrons. The molecule has 0 aliphatic rings. The Morgan fingerprint density at radius 2 is 1.82 bits per heavy atom. The molecule has 0 fully saturated rings. The minimum absolute atomic E-state index is 0.202. The van der Waals surface area contributed by atoms with Crippen LogP contribution < -0.4 is 0 Å². The van der Waals surface area contributed by atoms with Gasteiger partial charge in [-0.1, -0.05) is 30.0 Å². The maximum Gasteiger partial charge on any atom is 0.123 e. The molecule has 0 amide bonds. The lowest BCUT2D eigenvalue weighted by Gasteiger charge is -1.99. The lowest BCUT2D eigenvalue weighted by Crippen LogP contribution is -1.74. The van der Waals surface area contributed by atoms with Crippen LogP contribution in [-0.2, 0) is 0 Å². The molecule has 17 heavy (non-hydrogen) atoms. The summed E-state index contributed by atoms with van der Waals surface area (Å²) in [4.78, 5) is 5.35. The second-order valence-corrected chi connectivity index (χ2v) is 4.87. The van der Waals surface area contributed by atoms with Crippen LogP contribution in [0.15, 0.2) is 64.5 Å². The summed E-state index contributed by atoms with van der Waals surface area (Å²) in [5.41, 5.74) is 0.963. The minimum Gasteiger partial charge on any atom is -0.360 e. The van der Waals surface area contributed by atoms with E-state index in [-0.39, 0.29) is 5.82 Å². The largest absolute Gasteiger partial charge is 0.360 e. The number of aromatic nitrogens is 1. The standard InChI is InChI=1S/C14H10FNS/c15-10-6-7-13-12(8-10)14(9-16-13)17-11-4-2-1-3-5-11/h1-9,16H. The average Bonchev–Trinajstić information content (AvgIpc) is 2.73. The lowest BCUT2D eigenvalue weighted by atomic mass is 10.2. The smallest absolute Gasteiger partial charge is 0.123 e. The van der Waals surface area contributed by atoms with Gasteiger partial charge in [-0.25, -0.2) is 4.39 Å². The number of benzene rings is 2. The van der Waals surface area contributed by atoms with Gasteiger partial charge in [0, 0.05) is 26.9 Å². The van der Waals surface area contributed by atoms with Gasteiger partial charge in [0.15, 0.2) is 0 Å². The lowest BCUT2D eigenvalue weighted by molar-refractivity contribution is 0.629. The van der Waals surface area contributed by atoms with Crippen molar-refractivity contribution in [1.82, 2.24) is 4.98 Å². The van der Waals surface area contributed by atoms with Crippen LogP contribution in [-0.4, -0.2) is 4.98 Å². The molecule has 3 heteroatoms. The Morgan fingerprint density at radius 1 is 1.00 bits per heavy atom. The zero-order valence-corrected chi connectivity index (χ0v) is 9.80. The van der Waals surface area contributed by atoms with Gasteiger partial charge in [0.2, 0.25) is 0 Å². The molecule has 0 saturated carbocycles. The highest BCUT2D eigenvalue weighted by Crippen LogP contribution is 2.33. The topological polar surface area (TPSA) is 15.8 Å². The number of H-pyrrole nitrogens is 1. The predicted molar refractivity (Wildman–Crippen MR) is 68.8 cm³/mol. The van der Waals surface area contributed by atoms with Gasteiger partial charge in [-0.15, -0.1) is 0 Å². The Balaban J connectivity index is 2.03. The molecule has 0 aliphatic carbocycles. The molecule has 0 unspecified atom stereocenters. The molecule has 1 heterocycles. The van der Waals surface area contributed by atoms with Crippen LogP contribution in [0.25, 0.3) is 10.9 Å². The summed E-state index contributed by atoms with van der Waals surface area (Å²) in [6, 6.07) is 14.9. The van der Waals surface area contributed by atoms with Gasteiger partial charge in [-0.3, -0.25) is 0 Å². The van der Waals surface area contributed by atoms with Crippen molar-refractivity contribution in [2.45, 2.75) is 9.79 Å². The first-order valence-corrected chi connectivity index (χ1v) is 6.14. The molecule has 0 radical (unpaired) electrons. The zero-order chi connectivity index (χ0) is 11.7. The van der Waals surface area contributed by atoms with Gasteiger partial charge < -0.3 is 4.98 Å². The SMILES string of the molecule is Fc1ccc2[nH]cc(Sc3ccccc3)c2c1. The van der Waals surface area contributed by atoms with Crippen molar-refractivity contribution < 1.29 is 4.39 Å². The molecular weight excluding hydrogens is 233 g/mol. The third kappa shape index (κ3) is 2.06. The monoisotopic (exact) mass is 243 g/mol. The first-order valence-electron chi connectivity index (χ1n) is 5.32. The molecule has 0 saturated heterocycles. The quantitative estimate of drug-likeness (QED) is 0.702. The average molecular weight is 243 g/mol. The van der Waals surface area contributed by atoms with E-state index in [0.717, 1.165) is 20.7 Å². The van der Waals surface area contributed by atoms with Crippen molar-refractivity contribution in [3.05, 3.63) is 60.5 Å². The number of halogens is 1. The van der Waals surface area contributed by atoms with E-state index in [1.54, 1.807) is 23.9 Å². The van der Waals surface area contributed by atoms with Gasteiger partial charge >= 0.3 is 0 Å². The normalized spacial score (nSPS) is 10.9. The molecule has 1 N–H and O–H groups in total. The summed E-state index contributed by atoms with van der Waals surface area (Å²) >= 11 is 1.63. The van der Waals surface area contributed by atoms with Crippen LogP contribution in [0.4, 0.5) is 4.39 Å². The van der Waals surface area contributed by atoms with Crippen molar-refractivity contribution in [2.75, 3.05) is 0 Å². The van der Waals surface area contributed by atoms with Crippen LogP contribution in [0, 0.1) is 5.82 Å².